The lowest BCUT2D eigenvalue weighted by atomic mass is 10.2. The summed E-state index contributed by atoms with van der Waals surface area (Å²) in [5, 5.41) is 0. The van der Waals surface area contributed by atoms with Gasteiger partial charge in [-0.15, -0.1) is 0 Å². The molecular formula is C14H13F3N2O2. The third-order valence-corrected chi connectivity index (χ3v) is 2.72. The van der Waals surface area contributed by atoms with E-state index in [4.69, 9.17) is 15.2 Å². The van der Waals surface area contributed by atoms with Crippen LogP contribution in [-0.4, -0.2) is 12.1 Å². The van der Waals surface area contributed by atoms with Gasteiger partial charge in [0.1, 0.15) is 17.2 Å². The molecule has 0 radical (unpaired) electrons. The third kappa shape index (κ3) is 3.63. The number of halogens is 3. The molecule has 0 bridgehead atoms. The number of nitrogens with zero attached hydrogens (tertiary/aromatic N) is 1. The number of hydrogen-bond acceptors (Lipinski definition) is 4. The van der Waals surface area contributed by atoms with Gasteiger partial charge in [-0.1, -0.05) is 6.07 Å². The molecule has 0 aliphatic rings. The first-order valence-corrected chi connectivity index (χ1v) is 6.03. The molecule has 4 nitrogen and oxygen atoms in total. The minimum Gasteiger partial charge on any atom is -0.497 e. The lowest BCUT2D eigenvalue weighted by Crippen LogP contribution is -2.10. The number of aromatic nitrogens is 1. The Balaban J connectivity index is 2.32. The van der Waals surface area contributed by atoms with Crippen LogP contribution in [0.15, 0.2) is 36.4 Å². The van der Waals surface area contributed by atoms with E-state index in [1.165, 1.54) is 13.2 Å². The highest BCUT2D eigenvalue weighted by Gasteiger charge is 2.33. The predicted molar refractivity (Wildman–Crippen MR) is 70.2 cm³/mol. The van der Waals surface area contributed by atoms with Crippen LogP contribution in [0.5, 0.6) is 17.4 Å². The fourth-order valence-electron chi connectivity index (χ4n) is 1.63. The smallest absolute Gasteiger partial charge is 0.433 e. The Morgan fingerprint density at radius 1 is 1.05 bits per heavy atom. The van der Waals surface area contributed by atoms with E-state index in [0.717, 1.165) is 6.07 Å². The van der Waals surface area contributed by atoms with Gasteiger partial charge in [-0.25, -0.2) is 4.98 Å². The highest BCUT2D eigenvalue weighted by molar-refractivity contribution is 5.37. The average molecular weight is 298 g/mol. The summed E-state index contributed by atoms with van der Waals surface area (Å²) in [6.45, 7) is 0.0244. The van der Waals surface area contributed by atoms with Gasteiger partial charge in [0, 0.05) is 12.1 Å². The van der Waals surface area contributed by atoms with E-state index in [1.807, 2.05) is 0 Å². The predicted octanol–water partition coefficient (Wildman–Crippen LogP) is 3.36. The van der Waals surface area contributed by atoms with Crippen LogP contribution in [0.4, 0.5) is 13.2 Å². The third-order valence-electron chi connectivity index (χ3n) is 2.72. The molecule has 0 aliphatic carbocycles. The zero-order chi connectivity index (χ0) is 15.5. The van der Waals surface area contributed by atoms with Gasteiger partial charge in [0.15, 0.2) is 0 Å². The summed E-state index contributed by atoms with van der Waals surface area (Å²) in [6, 6.07) is 8.54. The molecule has 0 saturated carbocycles. The Labute approximate surface area is 119 Å². The van der Waals surface area contributed by atoms with Crippen LogP contribution in [0.3, 0.4) is 0 Å². The van der Waals surface area contributed by atoms with Gasteiger partial charge in [0.25, 0.3) is 0 Å². The van der Waals surface area contributed by atoms with Crippen LogP contribution in [0.2, 0.25) is 0 Å². The fraction of sp³-hybridized carbons (Fsp3) is 0.214. The van der Waals surface area contributed by atoms with Crippen LogP contribution in [0.1, 0.15) is 11.3 Å². The molecule has 2 N–H and O–H groups in total. The molecule has 0 amide bonds. The van der Waals surface area contributed by atoms with Gasteiger partial charge in [-0.2, -0.15) is 13.2 Å². The van der Waals surface area contributed by atoms with Crippen molar-refractivity contribution in [1.29, 1.82) is 0 Å². The van der Waals surface area contributed by atoms with E-state index in [1.54, 1.807) is 24.3 Å². The number of rotatable bonds is 4. The first-order valence-electron chi connectivity index (χ1n) is 6.03. The SMILES string of the molecule is COc1ccc(Oc2nc(C(F)(F)F)ccc2CN)cc1. The Hall–Kier alpha value is -2.28. The zero-order valence-corrected chi connectivity index (χ0v) is 11.1. The Bertz CT molecular complexity index is 613. The summed E-state index contributed by atoms with van der Waals surface area (Å²) in [5.41, 5.74) is 4.85. The highest BCUT2D eigenvalue weighted by Crippen LogP contribution is 2.32. The monoisotopic (exact) mass is 298 g/mol. The number of methoxy groups -OCH3 is 1. The molecule has 0 unspecified atom stereocenters. The quantitative estimate of drug-likeness (QED) is 0.940. The van der Waals surface area contributed by atoms with Crippen LogP contribution in [-0.2, 0) is 12.7 Å². The van der Waals surface area contributed by atoms with Crippen molar-refractivity contribution in [2.24, 2.45) is 5.73 Å². The second-order valence-electron chi connectivity index (χ2n) is 4.14. The standard InChI is InChI=1S/C14H13F3N2O2/c1-20-10-3-5-11(6-4-10)21-13-9(8-18)2-7-12(19-13)14(15,16)17/h2-7H,8,18H2,1H3. The van der Waals surface area contributed by atoms with Gasteiger partial charge in [0.2, 0.25) is 5.88 Å². The van der Waals surface area contributed by atoms with Crippen LogP contribution in [0, 0.1) is 0 Å². The van der Waals surface area contributed by atoms with Gasteiger partial charge >= 0.3 is 6.18 Å². The number of pyridine rings is 1. The van der Waals surface area contributed by atoms with Gasteiger partial charge in [-0.05, 0) is 30.3 Å². The summed E-state index contributed by atoms with van der Waals surface area (Å²) in [6.07, 6.45) is -4.54. The summed E-state index contributed by atoms with van der Waals surface area (Å²) in [4.78, 5) is 3.49. The molecule has 0 fully saturated rings. The van der Waals surface area contributed by atoms with E-state index in [2.05, 4.69) is 4.98 Å². The van der Waals surface area contributed by atoms with Gasteiger partial charge < -0.3 is 15.2 Å². The minimum atomic E-state index is -4.54. The van der Waals surface area contributed by atoms with E-state index >= 15 is 0 Å². The topological polar surface area (TPSA) is 57.4 Å². The Morgan fingerprint density at radius 2 is 1.67 bits per heavy atom. The van der Waals surface area contributed by atoms with Crippen molar-refractivity contribution in [2.45, 2.75) is 12.7 Å². The summed E-state index contributed by atoms with van der Waals surface area (Å²) in [7, 11) is 1.51. The second kappa shape index (κ2) is 6.01. The normalized spacial score (nSPS) is 11.3. The van der Waals surface area contributed by atoms with Crippen LogP contribution < -0.4 is 15.2 Å². The summed E-state index contributed by atoms with van der Waals surface area (Å²) in [5.74, 6) is 0.799. The molecule has 2 rings (SSSR count). The molecule has 21 heavy (non-hydrogen) atoms. The van der Waals surface area contributed by atoms with E-state index < -0.39 is 11.9 Å². The molecule has 2 aromatic rings. The average Bonchev–Trinajstić information content (AvgIpc) is 2.47. The van der Waals surface area contributed by atoms with Crippen molar-refractivity contribution in [3.63, 3.8) is 0 Å². The zero-order valence-electron chi connectivity index (χ0n) is 11.1. The maximum atomic E-state index is 12.7. The number of hydrogen-bond donors (Lipinski definition) is 1. The van der Waals surface area contributed by atoms with Crippen molar-refractivity contribution in [3.8, 4) is 17.4 Å². The molecular weight excluding hydrogens is 285 g/mol. The summed E-state index contributed by atoms with van der Waals surface area (Å²) < 4.78 is 48.4. The van der Waals surface area contributed by atoms with Crippen molar-refractivity contribution in [2.75, 3.05) is 7.11 Å². The van der Waals surface area contributed by atoms with Crippen LogP contribution >= 0.6 is 0 Å². The maximum Gasteiger partial charge on any atom is 0.433 e. The molecule has 0 saturated heterocycles. The number of nitrogens with two attached hydrogens (primary N) is 1. The highest BCUT2D eigenvalue weighted by atomic mass is 19.4. The van der Waals surface area contributed by atoms with E-state index in [9.17, 15) is 13.2 Å². The molecule has 7 heteroatoms. The Kier molecular flexibility index (Phi) is 4.32. The summed E-state index contributed by atoms with van der Waals surface area (Å²) >= 11 is 0. The first-order chi connectivity index (χ1) is 9.94. The lowest BCUT2D eigenvalue weighted by molar-refractivity contribution is -0.141. The van der Waals surface area contributed by atoms with E-state index in [-0.39, 0.29) is 12.4 Å². The first kappa shape index (κ1) is 15.1. The second-order valence-corrected chi connectivity index (χ2v) is 4.14. The van der Waals surface area contributed by atoms with Crippen molar-refractivity contribution in [3.05, 3.63) is 47.7 Å². The van der Waals surface area contributed by atoms with Crippen molar-refractivity contribution < 1.29 is 22.6 Å². The molecule has 1 aromatic heterocycles. The number of alkyl halides is 3. The largest absolute Gasteiger partial charge is 0.497 e. The molecule has 1 heterocycles. The molecule has 0 aliphatic heterocycles. The van der Waals surface area contributed by atoms with Crippen molar-refractivity contribution >= 4 is 0 Å². The molecule has 0 atom stereocenters. The number of benzene rings is 1. The maximum absolute atomic E-state index is 12.7. The lowest BCUT2D eigenvalue weighted by Gasteiger charge is -2.12. The Morgan fingerprint density at radius 3 is 2.19 bits per heavy atom. The minimum absolute atomic E-state index is 0.0244. The fourth-order valence-corrected chi connectivity index (χ4v) is 1.63. The van der Waals surface area contributed by atoms with E-state index in [0.29, 0.717) is 17.1 Å². The van der Waals surface area contributed by atoms with Crippen molar-refractivity contribution in [1.82, 2.24) is 4.98 Å². The molecule has 112 valence electrons. The molecule has 0 spiro atoms. The molecule has 1 aromatic carbocycles. The van der Waals surface area contributed by atoms with Gasteiger partial charge in [0.05, 0.1) is 7.11 Å². The number of ether oxygens (including phenoxy) is 2. The van der Waals surface area contributed by atoms with Gasteiger partial charge in [-0.3, -0.25) is 0 Å². The van der Waals surface area contributed by atoms with Crippen LogP contribution in [0.25, 0.3) is 0 Å².